The van der Waals surface area contributed by atoms with E-state index in [1.165, 1.54) is 40.4 Å². The van der Waals surface area contributed by atoms with Gasteiger partial charge in [0.2, 0.25) is 5.75 Å². The van der Waals surface area contributed by atoms with Gasteiger partial charge in [-0.1, -0.05) is 15.9 Å². The Bertz CT molecular complexity index is 1050. The van der Waals surface area contributed by atoms with Gasteiger partial charge in [0.05, 0.1) is 27.0 Å². The fourth-order valence-corrected chi connectivity index (χ4v) is 3.20. The monoisotopic (exact) mass is 447 g/mol. The average molecular weight is 448 g/mol. The number of nitrogens with one attached hydrogen (secondary N) is 1. The highest BCUT2D eigenvalue weighted by Crippen LogP contribution is 2.39. The van der Waals surface area contributed by atoms with Crippen LogP contribution in [0.1, 0.15) is 27.8 Å². The molecule has 0 bridgehead atoms. The molecule has 0 atom stereocenters. The van der Waals surface area contributed by atoms with E-state index in [0.29, 0.717) is 33.9 Å². The summed E-state index contributed by atoms with van der Waals surface area (Å²) in [4.78, 5) is 24.9. The van der Waals surface area contributed by atoms with E-state index in [4.69, 9.17) is 18.6 Å². The molecule has 0 spiro atoms. The summed E-state index contributed by atoms with van der Waals surface area (Å²) in [5, 5.41) is 3.38. The molecule has 1 heterocycles. The van der Waals surface area contributed by atoms with E-state index in [9.17, 15) is 9.59 Å². The third-order valence-corrected chi connectivity index (χ3v) is 4.63. The predicted octanol–water partition coefficient (Wildman–Crippen LogP) is 4.68. The molecule has 0 saturated carbocycles. The van der Waals surface area contributed by atoms with E-state index in [1.54, 1.807) is 18.2 Å². The summed E-state index contributed by atoms with van der Waals surface area (Å²) >= 11 is 3.39. The summed E-state index contributed by atoms with van der Waals surface area (Å²) in [5.41, 5.74) is 1.07. The van der Waals surface area contributed by atoms with Crippen molar-refractivity contribution in [2.45, 2.75) is 6.92 Å². The third kappa shape index (κ3) is 3.55. The van der Waals surface area contributed by atoms with Crippen LogP contribution in [0.2, 0.25) is 0 Å². The van der Waals surface area contributed by atoms with E-state index in [0.717, 1.165) is 4.47 Å². The van der Waals surface area contributed by atoms with Crippen LogP contribution in [0, 0.1) is 0 Å². The molecule has 3 aromatic rings. The zero-order chi connectivity index (χ0) is 20.4. The fraction of sp³-hybridized carbons (Fsp3) is 0.200. The van der Waals surface area contributed by atoms with Crippen molar-refractivity contribution in [2.75, 3.05) is 26.6 Å². The second-order valence-corrected chi connectivity index (χ2v) is 6.79. The van der Waals surface area contributed by atoms with Crippen LogP contribution in [-0.2, 0) is 0 Å². The first-order valence-electron chi connectivity index (χ1n) is 8.24. The number of halogens is 1. The van der Waals surface area contributed by atoms with Crippen molar-refractivity contribution in [1.82, 2.24) is 0 Å². The number of amides is 1. The van der Waals surface area contributed by atoms with Crippen LogP contribution in [0.4, 0.5) is 5.69 Å². The number of ketones is 1. The van der Waals surface area contributed by atoms with Crippen LogP contribution < -0.4 is 19.5 Å². The van der Waals surface area contributed by atoms with Gasteiger partial charge in [0.1, 0.15) is 5.58 Å². The van der Waals surface area contributed by atoms with Gasteiger partial charge in [0, 0.05) is 22.3 Å². The number of benzene rings is 2. The van der Waals surface area contributed by atoms with Crippen molar-refractivity contribution in [2.24, 2.45) is 0 Å². The van der Waals surface area contributed by atoms with Gasteiger partial charge in [-0.15, -0.1) is 0 Å². The van der Waals surface area contributed by atoms with E-state index < -0.39 is 5.91 Å². The highest BCUT2D eigenvalue weighted by atomic mass is 79.9. The van der Waals surface area contributed by atoms with Crippen LogP contribution in [0.25, 0.3) is 11.0 Å². The number of anilines is 1. The lowest BCUT2D eigenvalue weighted by atomic mass is 10.1. The largest absolute Gasteiger partial charge is 0.493 e. The fourth-order valence-electron chi connectivity index (χ4n) is 2.84. The number of carbonyl (C=O) groups excluding carboxylic acids is 2. The standard InChI is InChI=1S/C20H18BrNO6/c1-10(23)18-17(13-9-12(21)5-6-14(13)28-18)22-20(24)11-7-15(25-2)19(27-4)16(8-11)26-3/h5-9H,1-4H3,(H,22,24). The summed E-state index contributed by atoms with van der Waals surface area (Å²) in [5.74, 6) is 0.395. The second kappa shape index (κ2) is 7.93. The molecule has 8 heteroatoms. The highest BCUT2D eigenvalue weighted by molar-refractivity contribution is 9.10. The van der Waals surface area contributed by atoms with Gasteiger partial charge in [-0.05, 0) is 30.3 Å². The average Bonchev–Trinajstić information content (AvgIpc) is 3.04. The lowest BCUT2D eigenvalue weighted by Crippen LogP contribution is -2.14. The molecule has 0 aliphatic heterocycles. The molecule has 1 N–H and O–H groups in total. The van der Waals surface area contributed by atoms with Crippen molar-refractivity contribution in [1.29, 1.82) is 0 Å². The Balaban J connectivity index is 2.07. The maximum Gasteiger partial charge on any atom is 0.256 e. The Labute approximate surface area is 169 Å². The lowest BCUT2D eigenvalue weighted by Gasteiger charge is -2.14. The molecular formula is C20H18BrNO6. The van der Waals surface area contributed by atoms with Crippen LogP contribution >= 0.6 is 15.9 Å². The Morgan fingerprint density at radius 2 is 1.64 bits per heavy atom. The van der Waals surface area contributed by atoms with Crippen molar-refractivity contribution >= 4 is 44.3 Å². The van der Waals surface area contributed by atoms with Gasteiger partial charge < -0.3 is 23.9 Å². The van der Waals surface area contributed by atoms with Crippen LogP contribution in [0.3, 0.4) is 0 Å². The normalized spacial score (nSPS) is 10.6. The predicted molar refractivity (Wildman–Crippen MR) is 108 cm³/mol. The molecular weight excluding hydrogens is 430 g/mol. The van der Waals surface area contributed by atoms with E-state index in [-0.39, 0.29) is 17.1 Å². The maximum atomic E-state index is 12.9. The highest BCUT2D eigenvalue weighted by Gasteiger charge is 2.22. The molecule has 3 rings (SSSR count). The number of ether oxygens (including phenoxy) is 3. The molecule has 1 aromatic heterocycles. The van der Waals surface area contributed by atoms with Gasteiger partial charge in [0.25, 0.3) is 5.91 Å². The minimum Gasteiger partial charge on any atom is -0.493 e. The maximum absolute atomic E-state index is 12.9. The first-order chi connectivity index (χ1) is 13.4. The topological polar surface area (TPSA) is 87.0 Å². The number of hydrogen-bond donors (Lipinski definition) is 1. The van der Waals surface area contributed by atoms with E-state index in [1.807, 2.05) is 0 Å². The summed E-state index contributed by atoms with van der Waals surface area (Å²) in [6.07, 6.45) is 0. The van der Waals surface area contributed by atoms with Gasteiger partial charge in [-0.2, -0.15) is 0 Å². The Hall–Kier alpha value is -3.00. The summed E-state index contributed by atoms with van der Waals surface area (Å²) in [7, 11) is 4.41. The molecule has 0 aliphatic rings. The quantitative estimate of drug-likeness (QED) is 0.552. The van der Waals surface area contributed by atoms with Gasteiger partial charge in [-0.25, -0.2) is 0 Å². The molecule has 0 unspecified atom stereocenters. The number of furan rings is 1. The number of rotatable bonds is 6. The zero-order valence-corrected chi connectivity index (χ0v) is 17.3. The second-order valence-electron chi connectivity index (χ2n) is 5.87. The molecule has 0 aliphatic carbocycles. The molecule has 0 radical (unpaired) electrons. The van der Waals surface area contributed by atoms with Gasteiger partial charge in [-0.3, -0.25) is 9.59 Å². The number of methoxy groups -OCH3 is 3. The molecule has 0 saturated heterocycles. The summed E-state index contributed by atoms with van der Waals surface area (Å²) < 4.78 is 22.3. The van der Waals surface area contributed by atoms with Crippen molar-refractivity contribution < 1.29 is 28.2 Å². The molecule has 28 heavy (non-hydrogen) atoms. The van der Waals surface area contributed by atoms with Crippen molar-refractivity contribution in [3.05, 3.63) is 46.1 Å². The number of Topliss-reactive ketones (excluding diaryl/α,β-unsaturated/α-hetero) is 1. The summed E-state index contributed by atoms with van der Waals surface area (Å²) in [6, 6.07) is 8.35. The zero-order valence-electron chi connectivity index (χ0n) is 15.7. The van der Waals surface area contributed by atoms with Gasteiger partial charge >= 0.3 is 0 Å². The smallest absolute Gasteiger partial charge is 0.256 e. The van der Waals surface area contributed by atoms with E-state index in [2.05, 4.69) is 21.2 Å². The molecule has 1 amide bonds. The number of hydrogen-bond acceptors (Lipinski definition) is 6. The van der Waals surface area contributed by atoms with Crippen LogP contribution in [0.15, 0.2) is 39.2 Å². The number of fused-ring (bicyclic) bond motifs is 1. The minimum atomic E-state index is -0.454. The van der Waals surface area contributed by atoms with Crippen molar-refractivity contribution in [3.8, 4) is 17.2 Å². The molecule has 146 valence electrons. The SMILES string of the molecule is COc1cc(C(=O)Nc2c(C(C)=O)oc3ccc(Br)cc23)cc(OC)c1OC. The van der Waals surface area contributed by atoms with Crippen LogP contribution in [-0.4, -0.2) is 33.0 Å². The molecule has 7 nitrogen and oxygen atoms in total. The Morgan fingerprint density at radius 1 is 1.00 bits per heavy atom. The minimum absolute atomic E-state index is 0.0777. The summed E-state index contributed by atoms with van der Waals surface area (Å²) in [6.45, 7) is 1.38. The Morgan fingerprint density at radius 3 is 2.18 bits per heavy atom. The molecule has 0 fully saturated rings. The lowest BCUT2D eigenvalue weighted by molar-refractivity contribution is 0.0990. The van der Waals surface area contributed by atoms with Crippen LogP contribution in [0.5, 0.6) is 17.2 Å². The van der Waals surface area contributed by atoms with E-state index >= 15 is 0 Å². The number of carbonyl (C=O) groups is 2. The van der Waals surface area contributed by atoms with Crippen molar-refractivity contribution in [3.63, 3.8) is 0 Å². The molecule has 2 aromatic carbocycles. The van der Waals surface area contributed by atoms with Gasteiger partial charge in [0.15, 0.2) is 23.0 Å². The first-order valence-corrected chi connectivity index (χ1v) is 9.03. The third-order valence-electron chi connectivity index (χ3n) is 4.14. The first kappa shape index (κ1) is 19.8. The Kier molecular flexibility index (Phi) is 5.60.